The molecule has 0 bridgehead atoms. The summed E-state index contributed by atoms with van der Waals surface area (Å²) in [5.41, 5.74) is -0.336. The van der Waals surface area contributed by atoms with E-state index in [-0.39, 0.29) is 11.7 Å². The molecule has 1 aliphatic heterocycles. The van der Waals surface area contributed by atoms with Crippen LogP contribution in [0.5, 0.6) is 0 Å². The van der Waals surface area contributed by atoms with Crippen LogP contribution in [0.4, 0.5) is 0 Å². The van der Waals surface area contributed by atoms with E-state index in [1.165, 1.54) is 19.3 Å². The third-order valence-electron chi connectivity index (χ3n) is 4.44. The van der Waals surface area contributed by atoms with E-state index >= 15 is 0 Å². The van der Waals surface area contributed by atoms with E-state index in [1.807, 2.05) is 18.7 Å². The second kappa shape index (κ2) is 4.81. The lowest BCUT2D eigenvalue weighted by molar-refractivity contribution is -0.134. The SMILES string of the molecule is CCC1(C)NC(C)N(C2CCC(SC)C2)C1=O. The van der Waals surface area contributed by atoms with Crippen molar-refractivity contribution in [3.05, 3.63) is 0 Å². The Morgan fingerprint density at radius 1 is 1.53 bits per heavy atom. The van der Waals surface area contributed by atoms with E-state index in [0.717, 1.165) is 11.7 Å². The van der Waals surface area contributed by atoms with E-state index < -0.39 is 0 Å². The summed E-state index contributed by atoms with van der Waals surface area (Å²) in [5, 5.41) is 4.20. The van der Waals surface area contributed by atoms with Crippen molar-refractivity contribution < 1.29 is 4.79 Å². The van der Waals surface area contributed by atoms with Gasteiger partial charge in [0.2, 0.25) is 5.91 Å². The number of nitrogens with zero attached hydrogens (tertiary/aromatic N) is 1. The maximum atomic E-state index is 12.5. The average Bonchev–Trinajstić information content (AvgIpc) is 2.84. The zero-order valence-electron chi connectivity index (χ0n) is 11.3. The highest BCUT2D eigenvalue weighted by Gasteiger charge is 2.48. The fraction of sp³-hybridized carbons (Fsp3) is 0.923. The van der Waals surface area contributed by atoms with Gasteiger partial charge in [-0.05, 0) is 45.8 Å². The van der Waals surface area contributed by atoms with Crippen LogP contribution >= 0.6 is 11.8 Å². The molecular weight excluding hydrogens is 232 g/mol. The number of amides is 1. The first-order chi connectivity index (χ1) is 8.01. The van der Waals surface area contributed by atoms with Gasteiger partial charge in [-0.1, -0.05) is 6.92 Å². The van der Waals surface area contributed by atoms with E-state index in [9.17, 15) is 4.79 Å². The van der Waals surface area contributed by atoms with Gasteiger partial charge in [0.1, 0.15) is 0 Å². The molecular formula is C13H24N2OS. The van der Waals surface area contributed by atoms with Crippen molar-refractivity contribution in [3.8, 4) is 0 Å². The normalized spacial score (nSPS) is 42.5. The Morgan fingerprint density at radius 2 is 2.24 bits per heavy atom. The number of carbonyl (C=O) groups excluding carboxylic acids is 1. The molecule has 4 unspecified atom stereocenters. The summed E-state index contributed by atoms with van der Waals surface area (Å²) in [7, 11) is 0. The van der Waals surface area contributed by atoms with Crippen LogP contribution in [-0.4, -0.2) is 40.1 Å². The van der Waals surface area contributed by atoms with Crippen molar-refractivity contribution in [3.63, 3.8) is 0 Å². The Labute approximate surface area is 109 Å². The van der Waals surface area contributed by atoms with Gasteiger partial charge in [-0.2, -0.15) is 11.8 Å². The molecule has 0 spiro atoms. The first-order valence-corrected chi connectivity index (χ1v) is 7.94. The molecule has 0 aromatic heterocycles. The van der Waals surface area contributed by atoms with Gasteiger partial charge in [0.05, 0.1) is 11.7 Å². The van der Waals surface area contributed by atoms with Crippen molar-refractivity contribution in [2.45, 2.75) is 69.5 Å². The quantitative estimate of drug-likeness (QED) is 0.840. The van der Waals surface area contributed by atoms with Crippen LogP contribution in [0.15, 0.2) is 0 Å². The lowest BCUT2D eigenvalue weighted by Gasteiger charge is -2.28. The molecule has 3 nitrogen and oxygen atoms in total. The highest BCUT2D eigenvalue weighted by atomic mass is 32.2. The van der Waals surface area contributed by atoms with Crippen LogP contribution in [-0.2, 0) is 4.79 Å². The first kappa shape index (κ1) is 13.2. The van der Waals surface area contributed by atoms with E-state index in [4.69, 9.17) is 0 Å². The van der Waals surface area contributed by atoms with Crippen molar-refractivity contribution in [2.24, 2.45) is 0 Å². The second-order valence-electron chi connectivity index (χ2n) is 5.54. The lowest BCUT2D eigenvalue weighted by atomic mass is 9.99. The van der Waals surface area contributed by atoms with Gasteiger partial charge in [0.15, 0.2) is 0 Å². The van der Waals surface area contributed by atoms with Crippen LogP contribution in [0, 0.1) is 0 Å². The lowest BCUT2D eigenvalue weighted by Crippen LogP contribution is -2.44. The predicted molar refractivity (Wildman–Crippen MR) is 73.1 cm³/mol. The number of rotatable bonds is 3. The molecule has 2 fully saturated rings. The number of hydrogen-bond donors (Lipinski definition) is 1. The van der Waals surface area contributed by atoms with Gasteiger partial charge in [-0.15, -0.1) is 0 Å². The molecule has 1 N–H and O–H groups in total. The van der Waals surface area contributed by atoms with E-state index in [1.54, 1.807) is 0 Å². The van der Waals surface area contributed by atoms with Gasteiger partial charge < -0.3 is 4.90 Å². The third kappa shape index (κ3) is 2.22. The maximum Gasteiger partial charge on any atom is 0.244 e. The Morgan fingerprint density at radius 3 is 2.71 bits per heavy atom. The zero-order valence-corrected chi connectivity index (χ0v) is 12.1. The number of carbonyl (C=O) groups is 1. The fourth-order valence-corrected chi connectivity index (χ4v) is 3.96. The molecule has 17 heavy (non-hydrogen) atoms. The molecule has 1 saturated heterocycles. The van der Waals surface area contributed by atoms with Gasteiger partial charge in [-0.25, -0.2) is 0 Å². The number of hydrogen-bond acceptors (Lipinski definition) is 3. The highest BCUT2D eigenvalue weighted by molar-refractivity contribution is 7.99. The van der Waals surface area contributed by atoms with Gasteiger partial charge in [0, 0.05) is 11.3 Å². The minimum atomic E-state index is -0.336. The molecule has 0 radical (unpaired) electrons. The van der Waals surface area contributed by atoms with Crippen molar-refractivity contribution in [1.29, 1.82) is 0 Å². The summed E-state index contributed by atoms with van der Waals surface area (Å²) >= 11 is 1.94. The van der Waals surface area contributed by atoms with Crippen LogP contribution < -0.4 is 5.32 Å². The van der Waals surface area contributed by atoms with E-state index in [2.05, 4.69) is 30.3 Å². The fourth-order valence-electron chi connectivity index (χ4n) is 3.17. The Hall–Kier alpha value is -0.220. The number of nitrogens with one attached hydrogen (secondary N) is 1. The summed E-state index contributed by atoms with van der Waals surface area (Å²) in [5.74, 6) is 0.305. The molecule has 4 heteroatoms. The molecule has 0 aromatic rings. The van der Waals surface area contributed by atoms with Crippen LogP contribution in [0.1, 0.15) is 46.5 Å². The Balaban J connectivity index is 2.09. The van der Waals surface area contributed by atoms with Crippen molar-refractivity contribution >= 4 is 17.7 Å². The largest absolute Gasteiger partial charge is 0.323 e. The molecule has 2 aliphatic rings. The molecule has 2 rings (SSSR count). The molecule has 1 amide bonds. The highest BCUT2D eigenvalue weighted by Crippen LogP contribution is 2.35. The summed E-state index contributed by atoms with van der Waals surface area (Å²) in [6.07, 6.45) is 6.83. The maximum absolute atomic E-state index is 12.5. The monoisotopic (exact) mass is 256 g/mol. The summed E-state index contributed by atoms with van der Waals surface area (Å²) in [6, 6.07) is 0.454. The predicted octanol–water partition coefficient (Wildman–Crippen LogP) is 2.22. The smallest absolute Gasteiger partial charge is 0.244 e. The average molecular weight is 256 g/mol. The van der Waals surface area contributed by atoms with E-state index in [0.29, 0.717) is 11.9 Å². The molecule has 4 atom stereocenters. The molecule has 1 heterocycles. The standard InChI is InChI=1S/C13H24N2OS/c1-5-13(3)12(16)15(9(2)14-13)10-6-7-11(8-10)17-4/h9-11,14H,5-8H2,1-4H3. The molecule has 0 aromatic carbocycles. The van der Waals surface area contributed by atoms with Crippen molar-refractivity contribution in [2.75, 3.05) is 6.26 Å². The molecule has 1 saturated carbocycles. The first-order valence-electron chi connectivity index (χ1n) is 6.65. The second-order valence-corrected chi connectivity index (χ2v) is 6.68. The molecule has 98 valence electrons. The summed E-state index contributed by atoms with van der Waals surface area (Å²) in [4.78, 5) is 14.6. The summed E-state index contributed by atoms with van der Waals surface area (Å²) in [6.45, 7) is 6.23. The molecule has 1 aliphatic carbocycles. The minimum absolute atomic E-state index is 0.193. The topological polar surface area (TPSA) is 32.3 Å². The Bertz CT molecular complexity index is 310. The van der Waals surface area contributed by atoms with Crippen LogP contribution in [0.2, 0.25) is 0 Å². The number of thioether (sulfide) groups is 1. The van der Waals surface area contributed by atoms with Gasteiger partial charge >= 0.3 is 0 Å². The minimum Gasteiger partial charge on any atom is -0.323 e. The van der Waals surface area contributed by atoms with Crippen molar-refractivity contribution in [1.82, 2.24) is 10.2 Å². The third-order valence-corrected chi connectivity index (χ3v) is 5.54. The zero-order chi connectivity index (χ0) is 12.6. The van der Waals surface area contributed by atoms with Crippen LogP contribution in [0.3, 0.4) is 0 Å². The summed E-state index contributed by atoms with van der Waals surface area (Å²) < 4.78 is 0. The Kier molecular flexibility index (Phi) is 3.74. The van der Waals surface area contributed by atoms with Crippen LogP contribution in [0.25, 0.3) is 0 Å². The van der Waals surface area contributed by atoms with Gasteiger partial charge in [-0.3, -0.25) is 10.1 Å². The van der Waals surface area contributed by atoms with Gasteiger partial charge in [0.25, 0.3) is 0 Å².